The summed E-state index contributed by atoms with van der Waals surface area (Å²) in [6.07, 6.45) is 0. The first kappa shape index (κ1) is 9.82. The fourth-order valence-corrected chi connectivity index (χ4v) is 0.811. The van der Waals surface area contributed by atoms with Crippen LogP contribution >= 0.6 is 0 Å². The monoisotopic (exact) mass is 126 g/mol. The van der Waals surface area contributed by atoms with Crippen LogP contribution in [0.15, 0.2) is 12.1 Å². The van der Waals surface area contributed by atoms with Crippen LogP contribution in [0.4, 0.5) is 0 Å². The molecule has 0 nitrogen and oxygen atoms in total. The Balaban J connectivity index is 0.000000810. The zero-order valence-electron chi connectivity index (χ0n) is 7.15. The molecule has 1 aromatic rings. The molecule has 0 fully saturated rings. The maximum absolute atomic E-state index is 3.24. The van der Waals surface area contributed by atoms with Crippen molar-refractivity contribution in [2.45, 2.75) is 20.8 Å². The Morgan fingerprint density at radius 1 is 1.10 bits per heavy atom. The summed E-state index contributed by atoms with van der Waals surface area (Å²) >= 11 is 0. The van der Waals surface area contributed by atoms with Gasteiger partial charge in [0.25, 0.3) is 0 Å². The van der Waals surface area contributed by atoms with E-state index in [1.165, 1.54) is 16.7 Å². The Kier molecular flexibility index (Phi) is 3.79. The number of hydrogen-bond acceptors (Lipinski definition) is 0. The summed E-state index contributed by atoms with van der Waals surface area (Å²) in [7, 11) is 0. The maximum Gasteiger partial charge on any atom is 1.00 e. The van der Waals surface area contributed by atoms with Crippen molar-refractivity contribution in [3.8, 4) is 0 Å². The molecule has 0 aliphatic rings. The van der Waals surface area contributed by atoms with E-state index in [-0.39, 0.29) is 18.9 Å². The minimum atomic E-state index is 0. The third kappa shape index (κ3) is 2.21. The van der Waals surface area contributed by atoms with Gasteiger partial charge in [-0.05, 0) is 0 Å². The summed E-state index contributed by atoms with van der Waals surface area (Å²) in [5, 5.41) is 0. The molecule has 0 saturated carbocycles. The molecule has 0 bridgehead atoms. The largest absolute Gasteiger partial charge is 1.00 e. The Morgan fingerprint density at radius 2 is 1.70 bits per heavy atom. The average molecular weight is 126 g/mol. The molecular weight excluding hydrogens is 115 g/mol. The van der Waals surface area contributed by atoms with Gasteiger partial charge in [-0.25, -0.2) is 0 Å². The van der Waals surface area contributed by atoms with Crippen molar-refractivity contribution < 1.29 is 18.9 Å². The minimum absolute atomic E-state index is 0. The topological polar surface area (TPSA) is 0 Å². The van der Waals surface area contributed by atoms with Gasteiger partial charge in [-0.3, -0.25) is 0 Å². The molecule has 0 aliphatic carbocycles. The van der Waals surface area contributed by atoms with Gasteiger partial charge in [-0.1, -0.05) is 20.8 Å². The second-order valence-corrected chi connectivity index (χ2v) is 2.45. The molecule has 0 radical (unpaired) electrons. The fourth-order valence-electron chi connectivity index (χ4n) is 0.811. The van der Waals surface area contributed by atoms with Crippen LogP contribution < -0.4 is 18.9 Å². The third-order valence-electron chi connectivity index (χ3n) is 1.56. The maximum atomic E-state index is 3.24. The van der Waals surface area contributed by atoms with Crippen molar-refractivity contribution >= 4 is 0 Å². The van der Waals surface area contributed by atoms with Gasteiger partial charge < -0.3 is 0 Å². The molecule has 0 spiro atoms. The Bertz CT molecular complexity index is 216. The Morgan fingerprint density at radius 3 is 2.10 bits per heavy atom. The van der Waals surface area contributed by atoms with Crippen LogP contribution in [-0.4, -0.2) is 0 Å². The standard InChI is InChI=1S/C9H11.Li/c1-7-4-5-8(2)9(3)6-7;/h4-5H,1-3H3;/q-1;+1. The van der Waals surface area contributed by atoms with E-state index in [1.807, 2.05) is 0 Å². The molecule has 0 unspecified atom stereocenters. The van der Waals surface area contributed by atoms with Gasteiger partial charge in [-0.2, -0.15) is 34.9 Å². The van der Waals surface area contributed by atoms with Crippen molar-refractivity contribution in [1.29, 1.82) is 0 Å². The van der Waals surface area contributed by atoms with Crippen LogP contribution in [0, 0.1) is 26.8 Å². The van der Waals surface area contributed by atoms with Crippen molar-refractivity contribution in [2.75, 3.05) is 0 Å². The van der Waals surface area contributed by atoms with E-state index in [9.17, 15) is 0 Å². The summed E-state index contributed by atoms with van der Waals surface area (Å²) in [5.74, 6) is 0. The zero-order valence-corrected chi connectivity index (χ0v) is 7.15. The molecule has 0 aliphatic heterocycles. The molecule has 0 saturated heterocycles. The number of rotatable bonds is 0. The summed E-state index contributed by atoms with van der Waals surface area (Å²) < 4.78 is 0. The Hall–Kier alpha value is -0.183. The van der Waals surface area contributed by atoms with Crippen molar-refractivity contribution in [3.05, 3.63) is 34.9 Å². The number of hydrogen-bond donors (Lipinski definition) is 0. The van der Waals surface area contributed by atoms with Crippen LogP contribution in [0.2, 0.25) is 0 Å². The van der Waals surface area contributed by atoms with Crippen LogP contribution in [-0.2, 0) is 0 Å². The fraction of sp³-hybridized carbons (Fsp3) is 0.333. The molecule has 1 heteroatoms. The van der Waals surface area contributed by atoms with Gasteiger partial charge in [-0.15, -0.1) is 0 Å². The zero-order chi connectivity index (χ0) is 6.85. The van der Waals surface area contributed by atoms with Crippen molar-refractivity contribution in [2.24, 2.45) is 0 Å². The van der Waals surface area contributed by atoms with Gasteiger partial charge >= 0.3 is 18.9 Å². The number of benzene rings is 1. The molecular formula is C9H11Li. The summed E-state index contributed by atoms with van der Waals surface area (Å²) in [5.41, 5.74) is 3.80. The predicted molar refractivity (Wildman–Crippen MR) is 39.5 cm³/mol. The summed E-state index contributed by atoms with van der Waals surface area (Å²) in [4.78, 5) is 0. The van der Waals surface area contributed by atoms with Gasteiger partial charge in [0, 0.05) is 0 Å². The second-order valence-electron chi connectivity index (χ2n) is 2.45. The molecule has 1 rings (SSSR count). The first-order chi connectivity index (χ1) is 4.20. The van der Waals surface area contributed by atoms with E-state index < -0.39 is 0 Å². The van der Waals surface area contributed by atoms with Gasteiger partial charge in [0.15, 0.2) is 0 Å². The molecule has 0 aromatic heterocycles. The van der Waals surface area contributed by atoms with Gasteiger partial charge in [0.05, 0.1) is 0 Å². The van der Waals surface area contributed by atoms with E-state index in [4.69, 9.17) is 0 Å². The van der Waals surface area contributed by atoms with E-state index >= 15 is 0 Å². The molecule has 48 valence electrons. The first-order valence-corrected chi connectivity index (χ1v) is 3.16. The molecule has 0 N–H and O–H groups in total. The minimum Gasteiger partial charge on any atom is -0.177 e. The summed E-state index contributed by atoms with van der Waals surface area (Å²) in [6.45, 7) is 6.25. The predicted octanol–water partition coefficient (Wildman–Crippen LogP) is -0.584. The van der Waals surface area contributed by atoms with Crippen molar-refractivity contribution in [1.82, 2.24) is 0 Å². The van der Waals surface area contributed by atoms with Gasteiger partial charge in [0.1, 0.15) is 0 Å². The molecule has 10 heavy (non-hydrogen) atoms. The first-order valence-electron chi connectivity index (χ1n) is 3.16. The molecule has 0 heterocycles. The van der Waals surface area contributed by atoms with Crippen LogP contribution in [0.25, 0.3) is 0 Å². The van der Waals surface area contributed by atoms with E-state index in [0.717, 1.165) is 0 Å². The van der Waals surface area contributed by atoms with Crippen LogP contribution in [0.1, 0.15) is 16.7 Å². The van der Waals surface area contributed by atoms with Crippen molar-refractivity contribution in [3.63, 3.8) is 0 Å². The van der Waals surface area contributed by atoms with E-state index in [0.29, 0.717) is 0 Å². The normalized spacial score (nSPS) is 8.70. The molecule has 1 aromatic carbocycles. The molecule has 0 amide bonds. The van der Waals surface area contributed by atoms with E-state index in [1.54, 1.807) is 0 Å². The average Bonchev–Trinajstić information content (AvgIpc) is 1.80. The van der Waals surface area contributed by atoms with Crippen LogP contribution in [0.5, 0.6) is 0 Å². The smallest absolute Gasteiger partial charge is 0.177 e. The third-order valence-corrected chi connectivity index (χ3v) is 1.56. The van der Waals surface area contributed by atoms with Crippen LogP contribution in [0.3, 0.4) is 0 Å². The van der Waals surface area contributed by atoms with E-state index in [2.05, 4.69) is 39.0 Å². The number of aryl methyl sites for hydroxylation is 3. The SMILES string of the molecule is Cc1[c-]c(C)c(C)cc1.[Li+]. The van der Waals surface area contributed by atoms with Gasteiger partial charge in [0.2, 0.25) is 0 Å². The Labute approximate surface area is 74.8 Å². The molecule has 0 atom stereocenters. The summed E-state index contributed by atoms with van der Waals surface area (Å²) in [6, 6.07) is 7.45. The quantitative estimate of drug-likeness (QED) is 0.322. The second kappa shape index (κ2) is 3.86.